The zero-order chi connectivity index (χ0) is 20.7. The molecule has 3 heteroatoms. The fraction of sp³-hybridized carbons (Fsp3) is 1.00. The highest BCUT2D eigenvalue weighted by Crippen LogP contribution is 2.16. The summed E-state index contributed by atoms with van der Waals surface area (Å²) in [7, 11) is 0. The molecular formula is C26H51IO2. The first-order chi connectivity index (χ1) is 14.4. The van der Waals surface area contributed by atoms with Crippen LogP contribution in [0, 0.1) is 0 Å². The van der Waals surface area contributed by atoms with Crippen LogP contribution in [0.25, 0.3) is 0 Å². The lowest BCUT2D eigenvalue weighted by atomic mass is 10.0. The summed E-state index contributed by atoms with van der Waals surface area (Å²) in [5.41, 5.74) is 0. The lowest BCUT2D eigenvalue weighted by Crippen LogP contribution is -2.22. The van der Waals surface area contributed by atoms with Gasteiger partial charge in [-0.05, 0) is 36.5 Å². The maximum atomic E-state index is 5.80. The van der Waals surface area contributed by atoms with Crippen LogP contribution in [0.3, 0.4) is 0 Å². The van der Waals surface area contributed by atoms with Gasteiger partial charge in [0.2, 0.25) is 0 Å². The van der Waals surface area contributed by atoms with Gasteiger partial charge in [0.15, 0.2) is 6.29 Å². The van der Waals surface area contributed by atoms with Crippen molar-refractivity contribution in [2.75, 3.05) is 17.6 Å². The second-order valence-corrected chi connectivity index (χ2v) is 10.2. The van der Waals surface area contributed by atoms with Crippen molar-refractivity contribution in [2.24, 2.45) is 0 Å². The molecule has 174 valence electrons. The molecule has 0 saturated carbocycles. The monoisotopic (exact) mass is 522 g/mol. The highest BCUT2D eigenvalue weighted by atomic mass is 127. The van der Waals surface area contributed by atoms with Gasteiger partial charge in [0.05, 0.1) is 0 Å². The van der Waals surface area contributed by atoms with Crippen LogP contribution in [0.15, 0.2) is 0 Å². The van der Waals surface area contributed by atoms with Gasteiger partial charge in [-0.2, -0.15) is 0 Å². The molecular weight excluding hydrogens is 471 g/mol. The molecule has 1 rings (SSSR count). The van der Waals surface area contributed by atoms with Gasteiger partial charge >= 0.3 is 0 Å². The molecule has 1 unspecified atom stereocenters. The van der Waals surface area contributed by atoms with Gasteiger partial charge in [-0.3, -0.25) is 0 Å². The van der Waals surface area contributed by atoms with Crippen molar-refractivity contribution in [1.29, 1.82) is 0 Å². The number of rotatable bonds is 22. The molecule has 29 heavy (non-hydrogen) atoms. The summed E-state index contributed by atoms with van der Waals surface area (Å²) in [6, 6.07) is 0. The average Bonchev–Trinajstić information content (AvgIpc) is 2.75. The van der Waals surface area contributed by atoms with Gasteiger partial charge in [0, 0.05) is 13.2 Å². The first kappa shape index (κ1) is 27.7. The summed E-state index contributed by atoms with van der Waals surface area (Å²) in [5, 5.41) is 0. The fourth-order valence-electron chi connectivity index (χ4n) is 4.26. The van der Waals surface area contributed by atoms with E-state index in [1.807, 2.05) is 0 Å². The van der Waals surface area contributed by atoms with E-state index >= 15 is 0 Å². The first-order valence-corrected chi connectivity index (χ1v) is 14.7. The number of ether oxygens (including phenoxy) is 2. The molecule has 1 heterocycles. The molecule has 1 saturated heterocycles. The van der Waals surface area contributed by atoms with Crippen LogP contribution < -0.4 is 0 Å². The number of alkyl halides is 1. The third-order valence-electron chi connectivity index (χ3n) is 6.22. The predicted octanol–water partition coefficient (Wildman–Crippen LogP) is 9.38. The third-order valence-corrected chi connectivity index (χ3v) is 6.98. The molecule has 0 bridgehead atoms. The quantitative estimate of drug-likeness (QED) is 0.0801. The molecule has 2 nitrogen and oxygen atoms in total. The summed E-state index contributed by atoms with van der Waals surface area (Å²) in [5.74, 6) is 0. The van der Waals surface area contributed by atoms with Crippen LogP contribution in [-0.4, -0.2) is 23.9 Å². The number of unbranched alkanes of at least 4 members (excludes halogenated alkanes) is 18. The van der Waals surface area contributed by atoms with Crippen LogP contribution in [0.5, 0.6) is 0 Å². The number of hydrogen-bond donors (Lipinski definition) is 0. The summed E-state index contributed by atoms with van der Waals surface area (Å²) >= 11 is 2.49. The molecule has 0 aromatic rings. The fourth-order valence-corrected chi connectivity index (χ4v) is 4.80. The Morgan fingerprint density at radius 2 is 0.966 bits per heavy atom. The second-order valence-electron chi connectivity index (χ2n) is 9.07. The zero-order valence-electron chi connectivity index (χ0n) is 19.4. The minimum Gasteiger partial charge on any atom is -0.353 e. The van der Waals surface area contributed by atoms with Crippen molar-refractivity contribution in [3.8, 4) is 0 Å². The SMILES string of the molecule is ICCCCCCCCCCCCCCCCCCCCCOC1CCCCO1. The summed E-state index contributed by atoms with van der Waals surface area (Å²) < 4.78 is 12.7. The lowest BCUT2D eigenvalue weighted by Gasteiger charge is -2.22. The van der Waals surface area contributed by atoms with Crippen LogP contribution in [0.2, 0.25) is 0 Å². The topological polar surface area (TPSA) is 18.5 Å². The van der Waals surface area contributed by atoms with E-state index in [-0.39, 0.29) is 6.29 Å². The zero-order valence-corrected chi connectivity index (χ0v) is 21.6. The van der Waals surface area contributed by atoms with E-state index < -0.39 is 0 Å². The molecule has 1 aliphatic rings. The Bertz CT molecular complexity index is 305. The van der Waals surface area contributed by atoms with Crippen molar-refractivity contribution in [3.63, 3.8) is 0 Å². The maximum absolute atomic E-state index is 5.80. The van der Waals surface area contributed by atoms with Gasteiger partial charge in [-0.25, -0.2) is 0 Å². The smallest absolute Gasteiger partial charge is 0.157 e. The molecule has 1 fully saturated rings. The van der Waals surface area contributed by atoms with E-state index in [0.717, 1.165) is 19.6 Å². The van der Waals surface area contributed by atoms with Crippen LogP contribution in [0.4, 0.5) is 0 Å². The molecule has 0 aromatic heterocycles. The highest BCUT2D eigenvalue weighted by Gasteiger charge is 2.13. The Morgan fingerprint density at radius 1 is 0.552 bits per heavy atom. The molecule has 0 aromatic carbocycles. The minimum atomic E-state index is 0.101. The van der Waals surface area contributed by atoms with Crippen molar-refractivity contribution in [3.05, 3.63) is 0 Å². The molecule has 1 atom stereocenters. The molecule has 0 amide bonds. The van der Waals surface area contributed by atoms with Crippen LogP contribution >= 0.6 is 22.6 Å². The Labute approximate surface area is 196 Å². The normalized spacial score (nSPS) is 17.1. The van der Waals surface area contributed by atoms with Crippen molar-refractivity contribution in [1.82, 2.24) is 0 Å². The Balaban J connectivity index is 1.63. The van der Waals surface area contributed by atoms with Gasteiger partial charge in [-0.15, -0.1) is 0 Å². The van der Waals surface area contributed by atoms with E-state index in [4.69, 9.17) is 9.47 Å². The maximum Gasteiger partial charge on any atom is 0.157 e. The van der Waals surface area contributed by atoms with Crippen LogP contribution in [-0.2, 0) is 9.47 Å². The van der Waals surface area contributed by atoms with Gasteiger partial charge in [-0.1, -0.05) is 132 Å². The lowest BCUT2D eigenvalue weighted by molar-refractivity contribution is -0.162. The van der Waals surface area contributed by atoms with E-state index in [2.05, 4.69) is 22.6 Å². The Morgan fingerprint density at radius 3 is 1.34 bits per heavy atom. The van der Waals surface area contributed by atoms with Crippen molar-refractivity contribution in [2.45, 2.75) is 148 Å². The predicted molar refractivity (Wildman–Crippen MR) is 136 cm³/mol. The summed E-state index contributed by atoms with van der Waals surface area (Å²) in [6.45, 7) is 1.78. The molecule has 0 aliphatic carbocycles. The van der Waals surface area contributed by atoms with Crippen molar-refractivity contribution >= 4 is 22.6 Å². The highest BCUT2D eigenvalue weighted by molar-refractivity contribution is 14.1. The van der Waals surface area contributed by atoms with E-state index in [0.29, 0.717) is 0 Å². The van der Waals surface area contributed by atoms with E-state index in [9.17, 15) is 0 Å². The largest absolute Gasteiger partial charge is 0.353 e. The second kappa shape index (κ2) is 23.3. The standard InChI is InChI=1S/C26H51IO2/c27-23-19-16-14-12-10-8-6-4-2-1-3-5-7-9-11-13-15-17-20-24-28-26-22-18-21-25-29-26/h26H,1-25H2. The summed E-state index contributed by atoms with van der Waals surface area (Å²) in [4.78, 5) is 0. The summed E-state index contributed by atoms with van der Waals surface area (Å²) in [6.07, 6.45) is 30.9. The first-order valence-electron chi connectivity index (χ1n) is 13.2. The van der Waals surface area contributed by atoms with Gasteiger partial charge in [0.25, 0.3) is 0 Å². The van der Waals surface area contributed by atoms with Gasteiger partial charge in [0.1, 0.15) is 0 Å². The Kier molecular flexibility index (Phi) is 22.3. The van der Waals surface area contributed by atoms with E-state index in [1.165, 1.54) is 139 Å². The van der Waals surface area contributed by atoms with Gasteiger partial charge < -0.3 is 9.47 Å². The minimum absolute atomic E-state index is 0.101. The van der Waals surface area contributed by atoms with E-state index in [1.54, 1.807) is 0 Å². The van der Waals surface area contributed by atoms with Crippen LogP contribution in [0.1, 0.15) is 141 Å². The molecule has 1 aliphatic heterocycles. The third kappa shape index (κ3) is 20.3. The van der Waals surface area contributed by atoms with Crippen molar-refractivity contribution < 1.29 is 9.47 Å². The molecule has 0 N–H and O–H groups in total. The molecule has 0 radical (unpaired) electrons. The molecule has 0 spiro atoms. The Hall–Kier alpha value is 0.650. The number of halogens is 1. The average molecular weight is 523 g/mol. The number of hydrogen-bond acceptors (Lipinski definition) is 2.